The average molecular weight is 298 g/mol. The zero-order valence-corrected chi connectivity index (χ0v) is 12.3. The van der Waals surface area contributed by atoms with Gasteiger partial charge >= 0.3 is 0 Å². The van der Waals surface area contributed by atoms with Crippen molar-refractivity contribution in [2.24, 2.45) is 11.5 Å². The summed E-state index contributed by atoms with van der Waals surface area (Å²) in [5.74, 6) is -1.71. The van der Waals surface area contributed by atoms with Gasteiger partial charge in [0.25, 0.3) is 11.9 Å². The lowest BCUT2D eigenvalue weighted by molar-refractivity contribution is -0.135. The van der Waals surface area contributed by atoms with Crippen molar-refractivity contribution in [3.8, 4) is 0 Å². The summed E-state index contributed by atoms with van der Waals surface area (Å²) in [4.78, 5) is 28.2. The quantitative estimate of drug-likeness (QED) is 0.261. The highest BCUT2D eigenvalue weighted by Gasteiger charge is 1.85. The van der Waals surface area contributed by atoms with Gasteiger partial charge in [0.2, 0.25) is 5.91 Å². The number of carboxylic acids is 2. The smallest absolute Gasteiger partial charge is 0.300 e. The van der Waals surface area contributed by atoms with Crippen LogP contribution in [0.5, 0.6) is 0 Å². The SMILES string of the molecule is CC(=O)O.CC(=O)O.COCNCNC(C)=O.NCN. The summed E-state index contributed by atoms with van der Waals surface area (Å²) >= 11 is 0. The molecule has 0 aromatic rings. The first-order valence-corrected chi connectivity index (χ1v) is 5.38. The second-order valence-corrected chi connectivity index (χ2v) is 2.87. The van der Waals surface area contributed by atoms with E-state index in [0.717, 1.165) is 13.8 Å². The highest BCUT2D eigenvalue weighted by molar-refractivity contribution is 5.72. The average Bonchev–Trinajstić information content (AvgIpc) is 2.23. The molecule has 1 amide bonds. The number of nitrogens with one attached hydrogen (secondary N) is 2. The lowest BCUT2D eigenvalue weighted by Crippen LogP contribution is -2.33. The Hall–Kier alpha value is -1.75. The third kappa shape index (κ3) is 209. The number of hydrogen-bond donors (Lipinski definition) is 6. The fourth-order valence-corrected chi connectivity index (χ4v) is 0.340. The normalized spacial score (nSPS) is 7.50. The van der Waals surface area contributed by atoms with Crippen LogP contribution in [0.4, 0.5) is 0 Å². The van der Waals surface area contributed by atoms with Crippen LogP contribution in [0.1, 0.15) is 20.8 Å². The number of nitrogens with two attached hydrogens (primary N) is 2. The molecule has 0 spiro atoms. The molecule has 10 nitrogen and oxygen atoms in total. The first-order chi connectivity index (χ1) is 9.15. The second kappa shape index (κ2) is 25.9. The largest absolute Gasteiger partial charge is 0.481 e. The summed E-state index contributed by atoms with van der Waals surface area (Å²) < 4.78 is 4.66. The summed E-state index contributed by atoms with van der Waals surface area (Å²) in [5, 5.41) is 20.2. The maximum absolute atomic E-state index is 10.2. The number of carbonyl (C=O) groups is 3. The molecule has 20 heavy (non-hydrogen) atoms. The van der Waals surface area contributed by atoms with E-state index in [0.29, 0.717) is 13.4 Å². The zero-order valence-electron chi connectivity index (χ0n) is 12.3. The van der Waals surface area contributed by atoms with Gasteiger partial charge in [0.1, 0.15) is 0 Å². The molecule has 0 fully saturated rings. The van der Waals surface area contributed by atoms with Crippen LogP contribution in [0.3, 0.4) is 0 Å². The van der Waals surface area contributed by atoms with Gasteiger partial charge in [-0.2, -0.15) is 0 Å². The summed E-state index contributed by atoms with van der Waals surface area (Å²) in [5.41, 5.74) is 9.25. The summed E-state index contributed by atoms with van der Waals surface area (Å²) in [7, 11) is 1.58. The van der Waals surface area contributed by atoms with Crippen LogP contribution in [-0.4, -0.2) is 55.2 Å². The predicted molar refractivity (Wildman–Crippen MR) is 73.6 cm³/mol. The number of hydrogen-bond acceptors (Lipinski definition) is 7. The van der Waals surface area contributed by atoms with Gasteiger partial charge in [-0.25, -0.2) is 0 Å². The third-order valence-corrected chi connectivity index (χ3v) is 0.709. The predicted octanol–water partition coefficient (Wildman–Crippen LogP) is -1.68. The second-order valence-electron chi connectivity index (χ2n) is 2.87. The molecular formula is C10H26N4O6. The first kappa shape index (κ1) is 26.7. The molecule has 122 valence electrons. The Bertz CT molecular complexity index is 218. The maximum Gasteiger partial charge on any atom is 0.300 e. The highest BCUT2D eigenvalue weighted by atomic mass is 16.5. The molecule has 0 saturated carbocycles. The molecule has 0 rings (SSSR count). The van der Waals surface area contributed by atoms with Crippen LogP contribution >= 0.6 is 0 Å². The molecule has 0 aromatic carbocycles. The van der Waals surface area contributed by atoms with E-state index < -0.39 is 11.9 Å². The molecule has 8 N–H and O–H groups in total. The highest BCUT2D eigenvalue weighted by Crippen LogP contribution is 1.58. The Labute approximate surface area is 118 Å². The molecule has 0 radical (unpaired) electrons. The Morgan fingerprint density at radius 1 is 1.05 bits per heavy atom. The number of aliphatic carboxylic acids is 2. The van der Waals surface area contributed by atoms with Crippen LogP contribution in [0, 0.1) is 0 Å². The Morgan fingerprint density at radius 2 is 1.35 bits per heavy atom. The molecule has 0 aliphatic carbocycles. The summed E-state index contributed by atoms with van der Waals surface area (Å²) in [6.07, 6.45) is 0. The Balaban J connectivity index is -0.0000000976. The van der Waals surface area contributed by atoms with Crippen molar-refractivity contribution in [2.75, 3.05) is 27.2 Å². The standard InChI is InChI=1S/C5H12N2O2.2C2H4O2.CH6N2/c1-5(8)7-3-6-4-9-2;2*1-2(3)4;2-1-3/h6H,3-4H2,1-2H3,(H,7,8);2*1H3,(H,3,4);1-3H2. The van der Waals surface area contributed by atoms with Gasteiger partial charge in [-0.05, 0) is 0 Å². The lowest BCUT2D eigenvalue weighted by Gasteiger charge is -2.01. The fraction of sp³-hybridized carbons (Fsp3) is 0.700. The molecular weight excluding hydrogens is 272 g/mol. The topological polar surface area (TPSA) is 177 Å². The van der Waals surface area contributed by atoms with Gasteiger partial charge in [0.05, 0.1) is 13.4 Å². The van der Waals surface area contributed by atoms with Gasteiger partial charge < -0.3 is 31.7 Å². The number of carboxylic acid groups (broad SMARTS) is 2. The number of methoxy groups -OCH3 is 1. The number of ether oxygens (including phenoxy) is 1. The molecule has 0 bridgehead atoms. The molecule has 0 unspecified atom stereocenters. The van der Waals surface area contributed by atoms with Gasteiger partial charge in [-0.1, -0.05) is 0 Å². The van der Waals surface area contributed by atoms with Gasteiger partial charge in [0.15, 0.2) is 0 Å². The zero-order chi connectivity index (χ0) is 17.0. The van der Waals surface area contributed by atoms with E-state index in [4.69, 9.17) is 19.8 Å². The summed E-state index contributed by atoms with van der Waals surface area (Å²) in [6, 6.07) is 0. The molecule has 0 atom stereocenters. The summed E-state index contributed by atoms with van der Waals surface area (Å²) in [6.45, 7) is 4.80. The van der Waals surface area contributed by atoms with Gasteiger partial charge in [-0.15, -0.1) is 0 Å². The van der Waals surface area contributed by atoms with E-state index >= 15 is 0 Å². The molecule has 10 heteroatoms. The first-order valence-electron chi connectivity index (χ1n) is 5.38. The van der Waals surface area contributed by atoms with Crippen LogP contribution in [0.15, 0.2) is 0 Å². The van der Waals surface area contributed by atoms with E-state index in [1.165, 1.54) is 6.92 Å². The minimum atomic E-state index is -0.833. The minimum Gasteiger partial charge on any atom is -0.481 e. The fourth-order valence-electron chi connectivity index (χ4n) is 0.340. The van der Waals surface area contributed by atoms with E-state index in [9.17, 15) is 4.79 Å². The maximum atomic E-state index is 10.2. The molecule has 0 heterocycles. The van der Waals surface area contributed by atoms with Crippen molar-refractivity contribution in [3.63, 3.8) is 0 Å². The van der Waals surface area contributed by atoms with Crippen LogP contribution < -0.4 is 22.1 Å². The molecule has 0 saturated heterocycles. The van der Waals surface area contributed by atoms with Crippen molar-refractivity contribution in [1.29, 1.82) is 0 Å². The number of rotatable bonds is 4. The van der Waals surface area contributed by atoms with E-state index in [1.807, 2.05) is 0 Å². The van der Waals surface area contributed by atoms with Crippen LogP contribution in [0.2, 0.25) is 0 Å². The Kier molecular flexibility index (Phi) is 34.7. The van der Waals surface area contributed by atoms with Crippen LogP contribution in [0.25, 0.3) is 0 Å². The van der Waals surface area contributed by atoms with Gasteiger partial charge in [-0.3, -0.25) is 19.7 Å². The lowest BCUT2D eigenvalue weighted by atomic mass is 10.7. The van der Waals surface area contributed by atoms with E-state index in [-0.39, 0.29) is 12.6 Å². The van der Waals surface area contributed by atoms with Crippen molar-refractivity contribution in [1.82, 2.24) is 10.6 Å². The third-order valence-electron chi connectivity index (χ3n) is 0.709. The van der Waals surface area contributed by atoms with Crippen molar-refractivity contribution in [2.45, 2.75) is 20.8 Å². The number of carbonyl (C=O) groups excluding carboxylic acids is 1. The Morgan fingerprint density at radius 3 is 1.55 bits per heavy atom. The minimum absolute atomic E-state index is 0.0430. The molecule has 0 aromatic heterocycles. The van der Waals surface area contributed by atoms with Crippen molar-refractivity contribution in [3.05, 3.63) is 0 Å². The van der Waals surface area contributed by atoms with E-state index in [1.54, 1.807) is 7.11 Å². The number of amides is 1. The van der Waals surface area contributed by atoms with E-state index in [2.05, 4.69) is 26.8 Å². The molecule has 0 aliphatic heterocycles. The monoisotopic (exact) mass is 298 g/mol. The molecule has 0 aliphatic rings. The van der Waals surface area contributed by atoms with Gasteiger partial charge in [0, 0.05) is 34.5 Å². The van der Waals surface area contributed by atoms with Crippen LogP contribution in [-0.2, 0) is 19.1 Å². The van der Waals surface area contributed by atoms with Crippen molar-refractivity contribution >= 4 is 17.8 Å². The van der Waals surface area contributed by atoms with Crippen molar-refractivity contribution < 1.29 is 29.3 Å².